The van der Waals surface area contributed by atoms with Crippen molar-refractivity contribution < 1.29 is 29.3 Å². The van der Waals surface area contributed by atoms with Crippen LogP contribution < -0.4 is 5.32 Å². The number of hydrogen-bond acceptors (Lipinski definition) is 6. The number of rotatable bonds is 11. The number of hydrogen-bond donors (Lipinski definition) is 3. The van der Waals surface area contributed by atoms with E-state index in [1.807, 2.05) is 66.7 Å². The molecule has 8 heteroatoms. The molecule has 3 N–H and O–H groups in total. The molecule has 3 aromatic rings. The van der Waals surface area contributed by atoms with Gasteiger partial charge in [-0.25, -0.2) is 0 Å². The van der Waals surface area contributed by atoms with E-state index in [4.69, 9.17) is 14.6 Å². The van der Waals surface area contributed by atoms with E-state index in [1.165, 1.54) is 4.90 Å². The van der Waals surface area contributed by atoms with E-state index in [2.05, 4.69) is 24.4 Å². The maximum absolute atomic E-state index is 11.8. The first-order chi connectivity index (χ1) is 18.4. The van der Waals surface area contributed by atoms with E-state index in [1.54, 1.807) is 11.8 Å². The Balaban J connectivity index is 1.47. The Bertz CT molecular complexity index is 1190. The molecule has 0 aliphatic carbocycles. The van der Waals surface area contributed by atoms with Gasteiger partial charge in [-0.3, -0.25) is 9.59 Å². The average molecular weight is 536 g/mol. The smallest absolute Gasteiger partial charge is 0.303 e. The number of carboxylic acids is 1. The molecule has 4 rings (SSSR count). The Morgan fingerprint density at radius 2 is 1.53 bits per heavy atom. The summed E-state index contributed by atoms with van der Waals surface area (Å²) in [6.07, 6.45) is -1.04. The van der Waals surface area contributed by atoms with Gasteiger partial charge in [-0.05, 0) is 28.8 Å². The predicted molar refractivity (Wildman–Crippen MR) is 145 cm³/mol. The van der Waals surface area contributed by atoms with Gasteiger partial charge in [0.25, 0.3) is 0 Å². The minimum absolute atomic E-state index is 0.00417. The van der Waals surface area contributed by atoms with Crippen LogP contribution in [0.15, 0.2) is 83.8 Å². The molecular weight excluding hydrogens is 502 g/mol. The molecule has 38 heavy (non-hydrogen) atoms. The molecule has 0 spiro atoms. The highest BCUT2D eigenvalue weighted by atomic mass is 32.2. The van der Waals surface area contributed by atoms with Crippen molar-refractivity contribution in [1.82, 2.24) is 5.32 Å². The van der Waals surface area contributed by atoms with Crippen molar-refractivity contribution in [3.63, 3.8) is 0 Å². The Labute approximate surface area is 227 Å². The summed E-state index contributed by atoms with van der Waals surface area (Å²) >= 11 is 1.76. The Kier molecular flexibility index (Phi) is 9.95. The molecule has 4 atom stereocenters. The summed E-state index contributed by atoms with van der Waals surface area (Å²) in [7, 11) is 0. The lowest BCUT2D eigenvalue weighted by Gasteiger charge is -2.41. The van der Waals surface area contributed by atoms with E-state index in [0.717, 1.165) is 28.0 Å². The number of ether oxygens (including phenoxy) is 2. The summed E-state index contributed by atoms with van der Waals surface area (Å²) in [6, 6.07) is 25.8. The first-order valence-electron chi connectivity index (χ1n) is 12.7. The van der Waals surface area contributed by atoms with Crippen LogP contribution in [0.25, 0.3) is 0 Å². The van der Waals surface area contributed by atoms with Gasteiger partial charge in [-0.2, -0.15) is 0 Å². The van der Waals surface area contributed by atoms with Gasteiger partial charge in [-0.15, -0.1) is 11.8 Å². The van der Waals surface area contributed by atoms with E-state index in [0.29, 0.717) is 6.54 Å². The van der Waals surface area contributed by atoms with Gasteiger partial charge in [0, 0.05) is 35.1 Å². The molecular formula is C30H33NO6S. The van der Waals surface area contributed by atoms with Crippen LogP contribution in [0.1, 0.15) is 54.4 Å². The molecule has 1 heterocycles. The second kappa shape index (κ2) is 13.6. The van der Waals surface area contributed by atoms with Gasteiger partial charge in [-0.1, -0.05) is 73.7 Å². The van der Waals surface area contributed by atoms with E-state index in [-0.39, 0.29) is 43.5 Å². The summed E-state index contributed by atoms with van der Waals surface area (Å²) in [5, 5.41) is 20.9. The number of amides is 1. The summed E-state index contributed by atoms with van der Waals surface area (Å²) in [6.45, 7) is 2.46. The number of aliphatic hydroxyl groups excluding tert-OH is 1. The third-order valence-corrected chi connectivity index (χ3v) is 7.69. The molecule has 7 nitrogen and oxygen atoms in total. The molecule has 1 amide bonds. The van der Waals surface area contributed by atoms with E-state index in [9.17, 15) is 14.7 Å². The normalized spacial score (nSPS) is 21.1. The Morgan fingerprint density at radius 1 is 0.868 bits per heavy atom. The molecule has 200 valence electrons. The number of carboxylic acid groups (broad SMARTS) is 1. The van der Waals surface area contributed by atoms with E-state index < -0.39 is 12.3 Å². The standard InChI is InChI=1S/C30H33NO6S/c1-20-26(19-38-25-5-3-2-4-6-25)36-30(37-29(20)23-11-9-22(18-32)10-12-23)24-13-7-21(8-14-24)17-31-27(33)15-16-28(34)35/h2-14,20,26,29-30,32H,15-19H2,1H3,(H,31,33)(H,34,35). The molecule has 0 saturated carbocycles. The fraction of sp³-hybridized carbons (Fsp3) is 0.333. The third-order valence-electron chi connectivity index (χ3n) is 6.59. The van der Waals surface area contributed by atoms with Gasteiger partial charge in [0.15, 0.2) is 6.29 Å². The van der Waals surface area contributed by atoms with Gasteiger partial charge in [0.2, 0.25) is 5.91 Å². The molecule has 0 radical (unpaired) electrons. The van der Waals surface area contributed by atoms with Crippen LogP contribution in [0, 0.1) is 5.92 Å². The van der Waals surface area contributed by atoms with Crippen molar-refractivity contribution in [2.75, 3.05) is 5.75 Å². The quantitative estimate of drug-likeness (QED) is 0.288. The van der Waals surface area contributed by atoms with Crippen LogP contribution in [0.4, 0.5) is 0 Å². The zero-order valence-corrected chi connectivity index (χ0v) is 22.1. The fourth-order valence-electron chi connectivity index (χ4n) is 4.31. The molecule has 1 aliphatic heterocycles. The van der Waals surface area contributed by atoms with Gasteiger partial charge in [0.1, 0.15) is 0 Å². The highest BCUT2D eigenvalue weighted by molar-refractivity contribution is 7.99. The molecule has 3 aromatic carbocycles. The average Bonchev–Trinajstić information content (AvgIpc) is 2.95. The second-order valence-corrected chi connectivity index (χ2v) is 10.5. The maximum Gasteiger partial charge on any atom is 0.303 e. The highest BCUT2D eigenvalue weighted by Gasteiger charge is 2.38. The summed E-state index contributed by atoms with van der Waals surface area (Å²) < 4.78 is 13.0. The lowest BCUT2D eigenvalue weighted by Crippen LogP contribution is -2.38. The van der Waals surface area contributed by atoms with Crippen molar-refractivity contribution >= 4 is 23.6 Å². The minimum Gasteiger partial charge on any atom is -0.481 e. The number of aliphatic hydroxyl groups is 1. The van der Waals surface area contributed by atoms with Crippen molar-refractivity contribution in [2.45, 2.75) is 56.3 Å². The zero-order valence-electron chi connectivity index (χ0n) is 21.3. The molecule has 0 aromatic heterocycles. The summed E-state index contributed by atoms with van der Waals surface area (Å²) in [4.78, 5) is 23.7. The topological polar surface area (TPSA) is 105 Å². The Hall–Kier alpha value is -3.17. The zero-order chi connectivity index (χ0) is 26.9. The third kappa shape index (κ3) is 7.68. The number of benzene rings is 3. The number of carbonyl (C=O) groups is 2. The lowest BCUT2D eigenvalue weighted by molar-refractivity contribution is -0.268. The maximum atomic E-state index is 11.8. The van der Waals surface area contributed by atoms with Crippen LogP contribution in [-0.2, 0) is 32.2 Å². The van der Waals surface area contributed by atoms with Crippen molar-refractivity contribution in [3.8, 4) is 0 Å². The minimum atomic E-state index is -0.991. The SMILES string of the molecule is CC1C(CSc2ccccc2)OC(c2ccc(CNC(=O)CCC(=O)O)cc2)OC1c1ccc(CO)cc1. The first kappa shape index (κ1) is 27.9. The predicted octanol–water partition coefficient (Wildman–Crippen LogP) is 5.24. The van der Waals surface area contributed by atoms with E-state index >= 15 is 0 Å². The molecule has 1 fully saturated rings. The van der Waals surface area contributed by atoms with Crippen molar-refractivity contribution in [1.29, 1.82) is 0 Å². The highest BCUT2D eigenvalue weighted by Crippen LogP contribution is 2.43. The van der Waals surface area contributed by atoms with Crippen LogP contribution in [0.5, 0.6) is 0 Å². The summed E-state index contributed by atoms with van der Waals surface area (Å²) in [5.74, 6) is -0.410. The fourth-order valence-corrected chi connectivity index (χ4v) is 5.40. The van der Waals surface area contributed by atoms with Crippen molar-refractivity contribution in [3.05, 3.63) is 101 Å². The second-order valence-electron chi connectivity index (χ2n) is 9.36. The van der Waals surface area contributed by atoms with Crippen LogP contribution >= 0.6 is 11.8 Å². The van der Waals surface area contributed by atoms with Crippen LogP contribution in [0.2, 0.25) is 0 Å². The lowest BCUT2D eigenvalue weighted by atomic mass is 9.91. The number of carbonyl (C=O) groups excluding carboxylic acids is 1. The Morgan fingerprint density at radius 3 is 2.18 bits per heavy atom. The van der Waals surface area contributed by atoms with Gasteiger partial charge in [0.05, 0.1) is 25.2 Å². The van der Waals surface area contributed by atoms with Crippen LogP contribution in [-0.4, -0.2) is 33.9 Å². The van der Waals surface area contributed by atoms with Crippen LogP contribution in [0.3, 0.4) is 0 Å². The molecule has 1 aliphatic rings. The molecule has 0 bridgehead atoms. The van der Waals surface area contributed by atoms with Crippen molar-refractivity contribution in [2.24, 2.45) is 5.92 Å². The number of nitrogens with one attached hydrogen (secondary N) is 1. The van der Waals surface area contributed by atoms with Gasteiger partial charge >= 0.3 is 5.97 Å². The first-order valence-corrected chi connectivity index (χ1v) is 13.7. The number of thioether (sulfide) groups is 1. The van der Waals surface area contributed by atoms with Gasteiger partial charge < -0.3 is 25.0 Å². The summed E-state index contributed by atoms with van der Waals surface area (Å²) in [5.41, 5.74) is 3.67. The number of aliphatic carboxylic acids is 1. The largest absolute Gasteiger partial charge is 0.481 e. The molecule has 4 unspecified atom stereocenters. The molecule has 1 saturated heterocycles. The monoisotopic (exact) mass is 535 g/mol.